The van der Waals surface area contributed by atoms with Crippen molar-refractivity contribution in [1.82, 2.24) is 0 Å². The molecule has 2 aromatic carbocycles. The Hall–Kier alpha value is -3.20. The molecule has 0 aliphatic heterocycles. The molecule has 1 heterocycles. The number of ether oxygens (including phenoxy) is 2. The predicted molar refractivity (Wildman–Crippen MR) is 103 cm³/mol. The second-order valence-corrected chi connectivity index (χ2v) is 6.61. The van der Waals surface area contributed by atoms with Gasteiger partial charge in [-0.1, -0.05) is 17.7 Å². The molecule has 158 valence electrons. The second-order valence-electron chi connectivity index (χ2n) is 6.20. The number of esters is 1. The van der Waals surface area contributed by atoms with E-state index in [-0.39, 0.29) is 10.8 Å². The van der Waals surface area contributed by atoms with Crippen LogP contribution in [0.3, 0.4) is 0 Å². The van der Waals surface area contributed by atoms with Crippen molar-refractivity contribution in [2.75, 3.05) is 19.0 Å². The highest BCUT2D eigenvalue weighted by Gasteiger charge is 2.35. The van der Waals surface area contributed by atoms with Crippen LogP contribution in [-0.2, 0) is 15.7 Å². The normalized spacial score (nSPS) is 11.4. The van der Waals surface area contributed by atoms with Crippen molar-refractivity contribution in [3.8, 4) is 5.75 Å². The van der Waals surface area contributed by atoms with Crippen molar-refractivity contribution in [3.05, 3.63) is 58.3 Å². The molecule has 0 saturated carbocycles. The third-order valence-corrected chi connectivity index (χ3v) is 4.56. The van der Waals surface area contributed by atoms with Gasteiger partial charge in [0.1, 0.15) is 11.3 Å². The minimum atomic E-state index is -4.73. The summed E-state index contributed by atoms with van der Waals surface area (Å²) in [4.78, 5) is 24.4. The third-order valence-electron chi connectivity index (χ3n) is 4.25. The maximum Gasteiger partial charge on any atom is 0.418 e. The van der Waals surface area contributed by atoms with Crippen LogP contribution < -0.4 is 10.1 Å². The van der Waals surface area contributed by atoms with E-state index in [2.05, 4.69) is 0 Å². The molecule has 1 amide bonds. The Morgan fingerprint density at radius 1 is 1.20 bits per heavy atom. The van der Waals surface area contributed by atoms with Crippen LogP contribution in [0.4, 0.5) is 18.9 Å². The highest BCUT2D eigenvalue weighted by molar-refractivity contribution is 6.34. The molecule has 0 unspecified atom stereocenters. The number of hydrogen-bond acceptors (Lipinski definition) is 5. The van der Waals surface area contributed by atoms with Crippen LogP contribution in [0.15, 0.2) is 40.8 Å². The molecule has 3 rings (SSSR count). The number of para-hydroxylation sites is 1. The topological polar surface area (TPSA) is 77.8 Å². The number of amides is 1. The van der Waals surface area contributed by atoms with E-state index in [9.17, 15) is 22.8 Å². The monoisotopic (exact) mass is 441 g/mol. The van der Waals surface area contributed by atoms with Gasteiger partial charge in [0.15, 0.2) is 6.61 Å². The molecule has 1 aromatic heterocycles. The standard InChI is InChI=1S/C20H15ClF3NO5/c1-10-12-8-11(28-2)6-7-15(12)30-18(10)19(27)29-9-16(26)25-17-13(20(22,23)24)4-3-5-14(17)21/h3-8H,9H2,1-2H3,(H,25,26). The number of anilines is 1. The number of fused-ring (bicyclic) bond motifs is 1. The van der Waals surface area contributed by atoms with Crippen LogP contribution in [0, 0.1) is 6.92 Å². The molecule has 0 bridgehead atoms. The van der Waals surface area contributed by atoms with Crippen molar-refractivity contribution in [3.63, 3.8) is 0 Å². The fourth-order valence-electron chi connectivity index (χ4n) is 2.78. The number of methoxy groups -OCH3 is 1. The first kappa shape index (κ1) is 21.5. The molecule has 30 heavy (non-hydrogen) atoms. The molecule has 0 saturated heterocycles. The zero-order valence-corrected chi connectivity index (χ0v) is 16.5. The van der Waals surface area contributed by atoms with E-state index in [4.69, 9.17) is 25.5 Å². The van der Waals surface area contributed by atoms with Gasteiger partial charge in [0.2, 0.25) is 5.76 Å². The molecule has 0 aliphatic rings. The first-order valence-electron chi connectivity index (χ1n) is 8.51. The van der Waals surface area contributed by atoms with Crippen LogP contribution in [0.25, 0.3) is 11.0 Å². The van der Waals surface area contributed by atoms with Gasteiger partial charge in [-0.25, -0.2) is 4.79 Å². The average molecular weight is 442 g/mol. The maximum atomic E-state index is 13.1. The number of aryl methyl sites for hydroxylation is 1. The largest absolute Gasteiger partial charge is 0.497 e. The van der Waals surface area contributed by atoms with E-state index in [1.165, 1.54) is 13.2 Å². The Kier molecular flexibility index (Phi) is 5.93. The molecule has 0 radical (unpaired) electrons. The van der Waals surface area contributed by atoms with Crippen molar-refractivity contribution >= 4 is 40.1 Å². The summed E-state index contributed by atoms with van der Waals surface area (Å²) in [6.07, 6.45) is -4.73. The van der Waals surface area contributed by atoms with Gasteiger partial charge in [0, 0.05) is 10.9 Å². The zero-order chi connectivity index (χ0) is 22.1. The summed E-state index contributed by atoms with van der Waals surface area (Å²) in [5, 5.41) is 2.36. The molecular weight excluding hydrogens is 427 g/mol. The SMILES string of the molecule is COc1ccc2oc(C(=O)OCC(=O)Nc3c(Cl)cccc3C(F)(F)F)c(C)c2c1. The second kappa shape index (κ2) is 8.27. The number of nitrogens with one attached hydrogen (secondary N) is 1. The summed E-state index contributed by atoms with van der Waals surface area (Å²) in [6.45, 7) is 0.794. The molecule has 0 spiro atoms. The van der Waals surface area contributed by atoms with Gasteiger partial charge in [-0.3, -0.25) is 4.79 Å². The van der Waals surface area contributed by atoms with Crippen LogP contribution in [-0.4, -0.2) is 25.6 Å². The van der Waals surface area contributed by atoms with Crippen LogP contribution >= 0.6 is 11.6 Å². The van der Waals surface area contributed by atoms with Crippen LogP contribution in [0.1, 0.15) is 21.7 Å². The zero-order valence-electron chi connectivity index (χ0n) is 15.7. The maximum absolute atomic E-state index is 13.1. The molecule has 1 N–H and O–H groups in total. The van der Waals surface area contributed by atoms with Crippen molar-refractivity contribution in [2.45, 2.75) is 13.1 Å². The Morgan fingerprint density at radius 3 is 2.60 bits per heavy atom. The van der Waals surface area contributed by atoms with E-state index >= 15 is 0 Å². The average Bonchev–Trinajstić information content (AvgIpc) is 3.03. The summed E-state index contributed by atoms with van der Waals surface area (Å²) in [7, 11) is 1.49. The molecule has 10 heteroatoms. The van der Waals surface area contributed by atoms with Gasteiger partial charge in [0.05, 0.1) is 23.4 Å². The molecule has 3 aromatic rings. The quantitative estimate of drug-likeness (QED) is 0.549. The van der Waals surface area contributed by atoms with E-state index in [1.54, 1.807) is 25.1 Å². The molecule has 0 fully saturated rings. The number of halogens is 4. The summed E-state index contributed by atoms with van der Waals surface area (Å²) in [5.74, 6) is -1.49. The first-order chi connectivity index (χ1) is 14.1. The molecule has 0 aliphatic carbocycles. The highest BCUT2D eigenvalue weighted by Crippen LogP contribution is 2.38. The lowest BCUT2D eigenvalue weighted by Gasteiger charge is -2.15. The van der Waals surface area contributed by atoms with Gasteiger partial charge in [-0.2, -0.15) is 13.2 Å². The highest BCUT2D eigenvalue weighted by atomic mass is 35.5. The third kappa shape index (κ3) is 4.35. The number of carbonyl (C=O) groups excluding carboxylic acids is 2. The smallest absolute Gasteiger partial charge is 0.418 e. The van der Waals surface area contributed by atoms with Crippen molar-refractivity contribution in [2.24, 2.45) is 0 Å². The summed E-state index contributed by atoms with van der Waals surface area (Å²) < 4.78 is 54.8. The molecule has 6 nitrogen and oxygen atoms in total. The Bertz CT molecular complexity index is 1120. The van der Waals surface area contributed by atoms with Gasteiger partial charge in [-0.15, -0.1) is 0 Å². The lowest BCUT2D eigenvalue weighted by molar-refractivity contribution is -0.137. The van der Waals surface area contributed by atoms with Crippen LogP contribution in [0.5, 0.6) is 5.75 Å². The number of alkyl halides is 3. The minimum Gasteiger partial charge on any atom is -0.497 e. The summed E-state index contributed by atoms with van der Waals surface area (Å²) >= 11 is 5.78. The van der Waals surface area contributed by atoms with Crippen LogP contribution in [0.2, 0.25) is 5.02 Å². The number of carbonyl (C=O) groups is 2. The van der Waals surface area contributed by atoms with Gasteiger partial charge >= 0.3 is 12.1 Å². The first-order valence-corrected chi connectivity index (χ1v) is 8.89. The fourth-order valence-corrected chi connectivity index (χ4v) is 3.00. The van der Waals surface area contributed by atoms with Crippen molar-refractivity contribution in [1.29, 1.82) is 0 Å². The lowest BCUT2D eigenvalue weighted by atomic mass is 10.1. The number of benzene rings is 2. The van der Waals surface area contributed by atoms with E-state index in [0.29, 0.717) is 22.3 Å². The molecular formula is C20H15ClF3NO5. The van der Waals surface area contributed by atoms with E-state index in [1.807, 2.05) is 5.32 Å². The Balaban J connectivity index is 1.72. The minimum absolute atomic E-state index is 0.125. The molecule has 0 atom stereocenters. The summed E-state index contributed by atoms with van der Waals surface area (Å²) in [6, 6.07) is 8.02. The number of rotatable bonds is 5. The van der Waals surface area contributed by atoms with Gasteiger partial charge in [0.25, 0.3) is 5.91 Å². The predicted octanol–water partition coefficient (Wildman–Crippen LogP) is 5.22. The van der Waals surface area contributed by atoms with E-state index in [0.717, 1.165) is 12.1 Å². The number of hydrogen-bond donors (Lipinski definition) is 1. The summed E-state index contributed by atoms with van der Waals surface area (Å²) in [5.41, 5.74) is -0.841. The van der Waals surface area contributed by atoms with E-state index < -0.39 is 35.9 Å². The fraction of sp³-hybridized carbons (Fsp3) is 0.200. The van der Waals surface area contributed by atoms with Gasteiger partial charge < -0.3 is 19.2 Å². The van der Waals surface area contributed by atoms with Gasteiger partial charge in [-0.05, 0) is 37.3 Å². The Morgan fingerprint density at radius 2 is 1.93 bits per heavy atom. The number of furan rings is 1. The van der Waals surface area contributed by atoms with Crippen molar-refractivity contribution < 1.29 is 36.7 Å². The Labute approximate surface area is 173 Å². The lowest BCUT2D eigenvalue weighted by Crippen LogP contribution is -2.23.